The molecule has 0 saturated heterocycles. The summed E-state index contributed by atoms with van der Waals surface area (Å²) in [5.74, 6) is 0.152. The SMILES string of the molecule is C[n+]1cccc(C(=O)OCCCCCCCCOc2ccccc2C(=O)Nc2ccccc2)c1. The lowest BCUT2D eigenvalue weighted by Gasteiger charge is -2.12. The van der Waals surface area contributed by atoms with Gasteiger partial charge in [-0.15, -0.1) is 0 Å². The molecule has 0 spiro atoms. The van der Waals surface area contributed by atoms with Crippen molar-refractivity contribution in [1.29, 1.82) is 0 Å². The molecule has 6 nitrogen and oxygen atoms in total. The van der Waals surface area contributed by atoms with E-state index in [1.54, 1.807) is 18.3 Å². The first kappa shape index (κ1) is 25.0. The summed E-state index contributed by atoms with van der Waals surface area (Å²) in [4.78, 5) is 24.6. The Hall–Kier alpha value is -3.67. The number of aryl methyl sites for hydroxylation is 1. The standard InChI is InChI=1S/C28H32N2O4/c1-30-19-13-14-23(22-30)28(32)34-21-12-5-3-2-4-11-20-33-26-18-10-9-17-25(26)27(31)29-24-15-7-6-8-16-24/h6-10,13-19,22H,2-5,11-12,20-21H2,1H3/p+1. The van der Waals surface area contributed by atoms with Gasteiger partial charge in [0.05, 0.1) is 18.8 Å². The molecule has 1 N–H and O–H groups in total. The number of esters is 1. The smallest absolute Gasteiger partial charge is 0.344 e. The number of carbonyl (C=O) groups is 2. The number of amides is 1. The van der Waals surface area contributed by atoms with Crippen molar-refractivity contribution in [3.63, 3.8) is 0 Å². The summed E-state index contributed by atoms with van der Waals surface area (Å²) in [5.41, 5.74) is 1.86. The van der Waals surface area contributed by atoms with Gasteiger partial charge in [-0.1, -0.05) is 56.0 Å². The molecule has 1 amide bonds. The molecular weight excluding hydrogens is 428 g/mol. The summed E-state index contributed by atoms with van der Waals surface area (Å²) in [6.07, 6.45) is 9.70. The summed E-state index contributed by atoms with van der Waals surface area (Å²) in [6, 6.07) is 20.3. The van der Waals surface area contributed by atoms with Gasteiger partial charge in [0.15, 0.2) is 12.4 Å². The minimum atomic E-state index is -0.272. The highest BCUT2D eigenvalue weighted by Gasteiger charge is 2.12. The summed E-state index contributed by atoms with van der Waals surface area (Å²) in [6.45, 7) is 1.02. The molecule has 1 heterocycles. The van der Waals surface area contributed by atoms with Crippen molar-refractivity contribution in [3.05, 3.63) is 90.3 Å². The third-order valence-electron chi connectivity index (χ3n) is 5.37. The van der Waals surface area contributed by atoms with Crippen LogP contribution < -0.4 is 14.6 Å². The number of pyridine rings is 1. The first-order valence-electron chi connectivity index (χ1n) is 11.8. The molecule has 6 heteroatoms. The Bertz CT molecular complexity index is 1050. The van der Waals surface area contributed by atoms with E-state index >= 15 is 0 Å². The van der Waals surface area contributed by atoms with Gasteiger partial charge in [-0.2, -0.15) is 0 Å². The molecule has 0 saturated carbocycles. The zero-order valence-corrected chi connectivity index (χ0v) is 19.7. The van der Waals surface area contributed by atoms with E-state index in [-0.39, 0.29) is 11.9 Å². The third kappa shape index (κ3) is 8.35. The number of unbranched alkanes of at least 4 members (excludes halogenated alkanes) is 5. The van der Waals surface area contributed by atoms with Crippen LogP contribution in [0.3, 0.4) is 0 Å². The maximum Gasteiger partial charge on any atom is 0.344 e. The van der Waals surface area contributed by atoms with Gasteiger partial charge in [0.25, 0.3) is 5.91 Å². The van der Waals surface area contributed by atoms with Crippen LogP contribution in [0.2, 0.25) is 0 Å². The van der Waals surface area contributed by atoms with Gasteiger partial charge in [-0.05, 0) is 43.2 Å². The topological polar surface area (TPSA) is 68.5 Å². The van der Waals surface area contributed by atoms with E-state index in [1.165, 1.54) is 0 Å². The van der Waals surface area contributed by atoms with Gasteiger partial charge in [-0.25, -0.2) is 9.36 Å². The largest absolute Gasteiger partial charge is 0.493 e. The fourth-order valence-corrected chi connectivity index (χ4v) is 3.55. The van der Waals surface area contributed by atoms with Crippen LogP contribution in [0.25, 0.3) is 0 Å². The van der Waals surface area contributed by atoms with Crippen LogP contribution in [0.15, 0.2) is 79.1 Å². The van der Waals surface area contributed by atoms with Crippen molar-refractivity contribution in [3.8, 4) is 5.75 Å². The number of carbonyl (C=O) groups excluding carboxylic acids is 2. The molecule has 2 aromatic carbocycles. The molecule has 0 unspecified atom stereocenters. The number of nitrogens with one attached hydrogen (secondary N) is 1. The Morgan fingerprint density at radius 2 is 1.47 bits per heavy atom. The maximum atomic E-state index is 12.6. The number of aromatic nitrogens is 1. The van der Waals surface area contributed by atoms with Gasteiger partial charge >= 0.3 is 5.97 Å². The first-order valence-corrected chi connectivity index (χ1v) is 11.8. The van der Waals surface area contributed by atoms with E-state index in [9.17, 15) is 9.59 Å². The van der Waals surface area contributed by atoms with Crippen LogP contribution in [0.1, 0.15) is 59.2 Å². The quantitative estimate of drug-likeness (QED) is 0.212. The third-order valence-corrected chi connectivity index (χ3v) is 5.37. The summed E-state index contributed by atoms with van der Waals surface area (Å²) < 4.78 is 13.1. The van der Waals surface area contributed by atoms with Crippen LogP contribution in [0, 0.1) is 0 Å². The number of ether oxygens (including phenoxy) is 2. The number of hydrogen-bond donors (Lipinski definition) is 1. The van der Waals surface area contributed by atoms with E-state index in [2.05, 4.69) is 5.32 Å². The zero-order chi connectivity index (χ0) is 24.0. The lowest BCUT2D eigenvalue weighted by atomic mass is 10.1. The Morgan fingerprint density at radius 3 is 2.24 bits per heavy atom. The molecule has 1 aromatic heterocycles. The van der Waals surface area contributed by atoms with Crippen molar-refractivity contribution in [2.45, 2.75) is 38.5 Å². The van der Waals surface area contributed by atoms with Crippen molar-refractivity contribution < 1.29 is 23.6 Å². The second-order valence-electron chi connectivity index (χ2n) is 8.18. The maximum absolute atomic E-state index is 12.6. The van der Waals surface area contributed by atoms with Crippen molar-refractivity contribution in [2.75, 3.05) is 18.5 Å². The number of nitrogens with zero attached hydrogens (tertiary/aromatic N) is 1. The second-order valence-corrected chi connectivity index (χ2v) is 8.18. The molecule has 0 fully saturated rings. The Balaban J connectivity index is 1.26. The Labute approximate surface area is 201 Å². The molecule has 178 valence electrons. The molecule has 34 heavy (non-hydrogen) atoms. The predicted molar refractivity (Wildman–Crippen MR) is 132 cm³/mol. The van der Waals surface area contributed by atoms with Crippen LogP contribution in [-0.4, -0.2) is 25.1 Å². The van der Waals surface area contributed by atoms with Crippen molar-refractivity contribution in [1.82, 2.24) is 0 Å². The van der Waals surface area contributed by atoms with E-state index in [4.69, 9.17) is 9.47 Å². The average molecular weight is 462 g/mol. The van der Waals surface area contributed by atoms with Crippen molar-refractivity contribution >= 4 is 17.6 Å². The zero-order valence-electron chi connectivity index (χ0n) is 19.7. The van der Waals surface area contributed by atoms with Gasteiger partial charge in [0.1, 0.15) is 18.4 Å². The monoisotopic (exact) mass is 461 g/mol. The van der Waals surface area contributed by atoms with E-state index in [1.807, 2.05) is 72.4 Å². The number of anilines is 1. The summed E-state index contributed by atoms with van der Waals surface area (Å²) in [5, 5.41) is 2.90. The normalized spacial score (nSPS) is 10.5. The average Bonchev–Trinajstić information content (AvgIpc) is 2.86. The highest BCUT2D eigenvalue weighted by atomic mass is 16.5. The lowest BCUT2D eigenvalue weighted by Crippen LogP contribution is -2.28. The van der Waals surface area contributed by atoms with Crippen LogP contribution in [-0.2, 0) is 11.8 Å². The molecule has 0 atom stereocenters. The first-order chi connectivity index (χ1) is 16.6. The minimum Gasteiger partial charge on any atom is -0.493 e. The number of para-hydroxylation sites is 2. The molecule has 0 aliphatic rings. The summed E-state index contributed by atoms with van der Waals surface area (Å²) >= 11 is 0. The van der Waals surface area contributed by atoms with E-state index < -0.39 is 0 Å². The Morgan fingerprint density at radius 1 is 0.794 bits per heavy atom. The van der Waals surface area contributed by atoms with Gasteiger partial charge < -0.3 is 14.8 Å². The fourth-order valence-electron chi connectivity index (χ4n) is 3.55. The molecule has 3 rings (SSSR count). The van der Waals surface area contributed by atoms with Crippen LogP contribution in [0.4, 0.5) is 5.69 Å². The molecule has 0 aliphatic carbocycles. The molecular formula is C28H33N2O4+. The number of benzene rings is 2. The fraction of sp³-hybridized carbons (Fsp3) is 0.321. The van der Waals surface area contributed by atoms with E-state index in [0.29, 0.717) is 30.1 Å². The molecule has 0 aliphatic heterocycles. The Kier molecular flexibility index (Phi) is 10.1. The lowest BCUT2D eigenvalue weighted by molar-refractivity contribution is -0.671. The second kappa shape index (κ2) is 13.8. The van der Waals surface area contributed by atoms with Gasteiger partial charge in [-0.3, -0.25) is 4.79 Å². The summed E-state index contributed by atoms with van der Waals surface area (Å²) in [7, 11) is 1.88. The predicted octanol–water partition coefficient (Wildman–Crippen LogP) is 5.34. The van der Waals surface area contributed by atoms with Crippen LogP contribution >= 0.6 is 0 Å². The minimum absolute atomic E-state index is 0.177. The van der Waals surface area contributed by atoms with Crippen molar-refractivity contribution in [2.24, 2.45) is 7.05 Å². The molecule has 3 aromatic rings. The van der Waals surface area contributed by atoms with Gasteiger partial charge in [0.2, 0.25) is 0 Å². The highest BCUT2D eigenvalue weighted by Crippen LogP contribution is 2.20. The number of rotatable bonds is 13. The van der Waals surface area contributed by atoms with Crippen LogP contribution in [0.5, 0.6) is 5.75 Å². The van der Waals surface area contributed by atoms with E-state index in [0.717, 1.165) is 44.2 Å². The molecule has 0 bridgehead atoms. The number of hydrogen-bond acceptors (Lipinski definition) is 4. The molecule has 0 radical (unpaired) electrons. The van der Waals surface area contributed by atoms with Gasteiger partial charge in [0, 0.05) is 11.8 Å². The highest BCUT2D eigenvalue weighted by molar-refractivity contribution is 6.06.